The predicted octanol–water partition coefficient (Wildman–Crippen LogP) is 3.76. The number of hydrogen-bond acceptors (Lipinski definition) is 4. The average Bonchev–Trinajstić information content (AvgIpc) is 3.51. The number of H-pyrrole nitrogens is 1. The molecule has 0 atom stereocenters. The molecule has 2 aromatic carbocycles. The molecule has 2 aliphatic rings. The van der Waals surface area contributed by atoms with Gasteiger partial charge in [-0.2, -0.15) is 15.4 Å². The molecule has 0 aliphatic heterocycles. The van der Waals surface area contributed by atoms with Crippen molar-refractivity contribution >= 4 is 22.1 Å². The SMILES string of the molecule is C1CCC([NH2+]C2CCCCC2)CC1.c1ccc2n[n-]nc2c1.c1ccc2n[nH]nc2c1. The molecule has 0 saturated heterocycles. The Kier molecular flexibility index (Phi) is 7.99. The van der Waals surface area contributed by atoms with Crippen molar-refractivity contribution in [2.24, 2.45) is 0 Å². The van der Waals surface area contributed by atoms with Crippen LogP contribution in [-0.4, -0.2) is 37.7 Å². The summed E-state index contributed by atoms with van der Waals surface area (Å²) in [6.45, 7) is 0. The summed E-state index contributed by atoms with van der Waals surface area (Å²) in [7, 11) is 0. The largest absolute Gasteiger partial charge is 0.492 e. The van der Waals surface area contributed by atoms with Gasteiger partial charge >= 0.3 is 0 Å². The lowest BCUT2D eigenvalue weighted by molar-refractivity contribution is -0.725. The molecule has 4 aromatic rings. The van der Waals surface area contributed by atoms with E-state index in [-0.39, 0.29) is 0 Å². The van der Waals surface area contributed by atoms with Crippen LogP contribution in [0.3, 0.4) is 0 Å². The molecule has 0 radical (unpaired) electrons. The monoisotopic (exact) mass is 419 g/mol. The van der Waals surface area contributed by atoms with Gasteiger partial charge in [0.15, 0.2) is 0 Å². The number of hydrogen-bond donors (Lipinski definition) is 2. The molecule has 2 aromatic heterocycles. The smallest absolute Gasteiger partial charge is 0.112 e. The molecule has 3 N–H and O–H groups in total. The van der Waals surface area contributed by atoms with Gasteiger partial charge in [0.1, 0.15) is 11.0 Å². The van der Waals surface area contributed by atoms with Gasteiger partial charge in [-0.1, -0.05) is 37.1 Å². The van der Waals surface area contributed by atoms with E-state index in [1.807, 2.05) is 48.5 Å². The van der Waals surface area contributed by atoms with Crippen LogP contribution < -0.4 is 10.5 Å². The molecular formula is C24H33N7. The van der Waals surface area contributed by atoms with Crippen LogP contribution in [0.15, 0.2) is 48.5 Å². The van der Waals surface area contributed by atoms with Gasteiger partial charge in [-0.15, -0.1) is 0 Å². The lowest BCUT2D eigenvalue weighted by Crippen LogP contribution is -2.95. The second kappa shape index (κ2) is 11.6. The van der Waals surface area contributed by atoms with Crippen molar-refractivity contribution in [2.45, 2.75) is 76.3 Å². The van der Waals surface area contributed by atoms with Crippen LogP contribution in [0.2, 0.25) is 0 Å². The highest BCUT2D eigenvalue weighted by molar-refractivity contribution is 5.73. The highest BCUT2D eigenvalue weighted by atomic mass is 15.3. The molecule has 7 heteroatoms. The predicted molar refractivity (Wildman–Crippen MR) is 122 cm³/mol. The Morgan fingerprint density at radius 2 is 1.03 bits per heavy atom. The molecule has 0 spiro atoms. The quantitative estimate of drug-likeness (QED) is 0.515. The summed E-state index contributed by atoms with van der Waals surface area (Å²) in [6.07, 6.45) is 15.0. The van der Waals surface area contributed by atoms with Gasteiger partial charge in [0.2, 0.25) is 0 Å². The second-order valence-corrected chi connectivity index (χ2v) is 8.58. The number of nitrogens with two attached hydrogens (primary N) is 1. The minimum atomic E-state index is 0.859. The number of para-hydroxylation sites is 2. The number of benzene rings is 2. The van der Waals surface area contributed by atoms with Gasteiger partial charge in [-0.05, 0) is 75.6 Å². The molecule has 0 unspecified atom stereocenters. The minimum Gasteiger partial charge on any atom is -0.492 e. The Hall–Kier alpha value is -2.80. The highest BCUT2D eigenvalue weighted by Crippen LogP contribution is 2.18. The third-order valence-corrected chi connectivity index (χ3v) is 6.25. The normalized spacial score (nSPS) is 17.5. The number of aromatic amines is 1. The van der Waals surface area contributed by atoms with Gasteiger partial charge in [-0.3, -0.25) is 0 Å². The van der Waals surface area contributed by atoms with E-state index in [1.165, 1.54) is 64.2 Å². The Morgan fingerprint density at radius 1 is 0.613 bits per heavy atom. The standard InChI is InChI=1S/C12H23N.C6H5N3.C6H4N3/c1-3-7-11(8-4-1)13-12-9-5-2-6-10-12;2*1-2-4-6-5(3-1)7-9-8-6/h11-13H,1-10H2;1-4H,(H,7,8,9);1-4H/q;;-1/p+1. The summed E-state index contributed by atoms with van der Waals surface area (Å²) >= 11 is 0. The van der Waals surface area contributed by atoms with Gasteiger partial charge in [-0.25, -0.2) is 0 Å². The first-order chi connectivity index (χ1) is 15.4. The number of fused-ring (bicyclic) bond motifs is 2. The zero-order valence-electron chi connectivity index (χ0n) is 18.2. The fourth-order valence-electron chi connectivity index (χ4n) is 4.58. The molecule has 2 fully saturated rings. The zero-order chi connectivity index (χ0) is 21.1. The fourth-order valence-corrected chi connectivity index (χ4v) is 4.58. The Morgan fingerprint density at radius 3 is 1.48 bits per heavy atom. The Labute approximate surface area is 183 Å². The molecule has 0 amide bonds. The van der Waals surface area contributed by atoms with Crippen molar-refractivity contribution in [3.05, 3.63) is 48.5 Å². The molecule has 2 aliphatic carbocycles. The third kappa shape index (κ3) is 6.59. The maximum atomic E-state index is 3.88. The van der Waals surface area contributed by atoms with E-state index in [9.17, 15) is 0 Å². The second-order valence-electron chi connectivity index (χ2n) is 8.58. The summed E-state index contributed by atoms with van der Waals surface area (Å²) in [5.41, 5.74) is 3.55. The van der Waals surface area contributed by atoms with Gasteiger partial charge in [0.25, 0.3) is 0 Å². The van der Waals surface area contributed by atoms with Gasteiger partial charge in [0.05, 0.1) is 23.1 Å². The van der Waals surface area contributed by atoms with Crippen LogP contribution in [0.1, 0.15) is 64.2 Å². The topological polar surface area (TPSA) is 98.1 Å². The molecule has 164 valence electrons. The lowest BCUT2D eigenvalue weighted by Gasteiger charge is -2.27. The maximum absolute atomic E-state index is 3.88. The van der Waals surface area contributed by atoms with E-state index < -0.39 is 0 Å². The first kappa shape index (κ1) is 21.4. The summed E-state index contributed by atoms with van der Waals surface area (Å²) < 4.78 is 0. The lowest BCUT2D eigenvalue weighted by atomic mass is 9.91. The molecule has 2 heterocycles. The van der Waals surface area contributed by atoms with E-state index in [2.05, 4.69) is 36.1 Å². The summed E-state index contributed by atoms with van der Waals surface area (Å²) in [5.74, 6) is 0. The number of nitrogens with one attached hydrogen (secondary N) is 1. The van der Waals surface area contributed by atoms with Crippen molar-refractivity contribution in [2.75, 3.05) is 0 Å². The van der Waals surface area contributed by atoms with E-state index in [4.69, 9.17) is 0 Å². The van der Waals surface area contributed by atoms with Crippen molar-refractivity contribution in [1.29, 1.82) is 0 Å². The van der Waals surface area contributed by atoms with Gasteiger partial charge in [0, 0.05) is 0 Å². The van der Waals surface area contributed by atoms with Crippen LogP contribution in [-0.2, 0) is 0 Å². The first-order valence-corrected chi connectivity index (χ1v) is 11.7. The van der Waals surface area contributed by atoms with E-state index in [1.54, 1.807) is 0 Å². The van der Waals surface area contributed by atoms with Gasteiger partial charge < -0.3 is 20.7 Å². The van der Waals surface area contributed by atoms with E-state index in [0.717, 1.165) is 34.2 Å². The average molecular weight is 420 g/mol. The molecule has 2 saturated carbocycles. The van der Waals surface area contributed by atoms with Crippen molar-refractivity contribution < 1.29 is 5.32 Å². The molecule has 7 nitrogen and oxygen atoms in total. The Balaban J connectivity index is 0.000000115. The number of aromatic nitrogens is 6. The number of rotatable bonds is 2. The zero-order valence-corrected chi connectivity index (χ0v) is 18.2. The number of quaternary nitrogens is 1. The summed E-state index contributed by atoms with van der Waals surface area (Å²) in [5, 5.41) is 24.0. The van der Waals surface area contributed by atoms with Crippen LogP contribution in [0, 0.1) is 0 Å². The van der Waals surface area contributed by atoms with Crippen molar-refractivity contribution in [3.8, 4) is 0 Å². The Bertz CT molecular complexity index is 870. The minimum absolute atomic E-state index is 0.859. The summed E-state index contributed by atoms with van der Waals surface area (Å²) in [6, 6.07) is 17.3. The van der Waals surface area contributed by atoms with Crippen LogP contribution >= 0.6 is 0 Å². The molecule has 31 heavy (non-hydrogen) atoms. The summed E-state index contributed by atoms with van der Waals surface area (Å²) in [4.78, 5) is 0. The number of nitrogens with zero attached hydrogens (tertiary/aromatic N) is 5. The molecular weight excluding hydrogens is 386 g/mol. The van der Waals surface area contributed by atoms with Crippen molar-refractivity contribution in [1.82, 2.24) is 30.8 Å². The first-order valence-electron chi connectivity index (χ1n) is 11.7. The van der Waals surface area contributed by atoms with E-state index >= 15 is 0 Å². The van der Waals surface area contributed by atoms with Crippen LogP contribution in [0.25, 0.3) is 22.1 Å². The van der Waals surface area contributed by atoms with Crippen molar-refractivity contribution in [3.63, 3.8) is 0 Å². The molecule has 0 bridgehead atoms. The third-order valence-electron chi connectivity index (χ3n) is 6.25. The molecule has 6 rings (SSSR count). The van der Waals surface area contributed by atoms with E-state index in [0.29, 0.717) is 0 Å². The highest BCUT2D eigenvalue weighted by Gasteiger charge is 2.22. The van der Waals surface area contributed by atoms with Crippen LogP contribution in [0.4, 0.5) is 0 Å². The van der Waals surface area contributed by atoms with Crippen LogP contribution in [0.5, 0.6) is 0 Å². The maximum Gasteiger partial charge on any atom is 0.112 e. The fraction of sp³-hybridized carbons (Fsp3) is 0.500.